The first kappa shape index (κ1) is 13.3. The van der Waals surface area contributed by atoms with E-state index in [1.807, 2.05) is 26.0 Å². The van der Waals surface area contributed by atoms with Gasteiger partial charge in [0.05, 0.1) is 13.7 Å². The number of hydrogen-bond donors (Lipinski definition) is 0. The molecule has 0 atom stereocenters. The number of rotatable bonds is 4. The number of carbonyl (C=O) groups excluding carboxylic acids is 1. The molecule has 0 fully saturated rings. The smallest absolute Gasteiger partial charge is 0.330 e. The molecule has 0 aliphatic carbocycles. The summed E-state index contributed by atoms with van der Waals surface area (Å²) in [5.74, 6) is 0.538. The molecule has 0 heterocycles. The largest absolute Gasteiger partial charge is 0.496 e. The molecule has 0 aromatic heterocycles. The van der Waals surface area contributed by atoms with Crippen LogP contribution in [0.4, 0.5) is 0 Å². The Balaban J connectivity index is 2.93. The first-order chi connectivity index (χ1) is 8.10. The molecule has 0 bridgehead atoms. The third kappa shape index (κ3) is 3.34. The highest BCUT2D eigenvalue weighted by molar-refractivity contribution is 5.87. The van der Waals surface area contributed by atoms with Crippen molar-refractivity contribution in [2.45, 2.75) is 20.8 Å². The Bertz CT molecular complexity index is 433. The van der Waals surface area contributed by atoms with E-state index in [0.717, 1.165) is 22.4 Å². The molecular weight excluding hydrogens is 216 g/mol. The zero-order chi connectivity index (χ0) is 12.8. The van der Waals surface area contributed by atoms with E-state index in [-0.39, 0.29) is 5.97 Å². The lowest BCUT2D eigenvalue weighted by molar-refractivity contribution is -0.137. The van der Waals surface area contributed by atoms with Gasteiger partial charge in [-0.2, -0.15) is 0 Å². The average Bonchev–Trinajstić information content (AvgIpc) is 2.31. The summed E-state index contributed by atoms with van der Waals surface area (Å²) in [6.45, 7) is 6.18. The van der Waals surface area contributed by atoms with Crippen molar-refractivity contribution in [1.29, 1.82) is 0 Å². The summed E-state index contributed by atoms with van der Waals surface area (Å²) < 4.78 is 10.1. The van der Waals surface area contributed by atoms with Gasteiger partial charge < -0.3 is 9.47 Å². The van der Waals surface area contributed by atoms with Gasteiger partial charge in [0, 0.05) is 6.08 Å². The Labute approximate surface area is 102 Å². The molecule has 0 radical (unpaired) electrons. The lowest BCUT2D eigenvalue weighted by Crippen LogP contribution is -1.99. The molecule has 3 nitrogen and oxygen atoms in total. The van der Waals surface area contributed by atoms with Crippen LogP contribution in [-0.2, 0) is 9.53 Å². The van der Waals surface area contributed by atoms with E-state index in [1.54, 1.807) is 20.1 Å². The SMILES string of the molecule is CCOC(=O)C=Cc1ccc(OC)c(C)c1C. The fourth-order valence-corrected chi connectivity index (χ4v) is 1.57. The monoisotopic (exact) mass is 234 g/mol. The number of methoxy groups -OCH3 is 1. The Morgan fingerprint density at radius 2 is 2.00 bits per heavy atom. The van der Waals surface area contributed by atoms with Crippen LogP contribution in [0.15, 0.2) is 18.2 Å². The van der Waals surface area contributed by atoms with Gasteiger partial charge in [0.1, 0.15) is 5.75 Å². The van der Waals surface area contributed by atoms with Crippen molar-refractivity contribution in [2.75, 3.05) is 13.7 Å². The summed E-state index contributed by atoms with van der Waals surface area (Å²) in [7, 11) is 1.65. The number of carbonyl (C=O) groups is 1. The molecule has 0 saturated carbocycles. The van der Waals surface area contributed by atoms with Crippen LogP contribution in [0.1, 0.15) is 23.6 Å². The molecule has 92 valence electrons. The van der Waals surface area contributed by atoms with E-state index in [1.165, 1.54) is 6.08 Å². The highest BCUT2D eigenvalue weighted by atomic mass is 16.5. The molecule has 1 aromatic rings. The van der Waals surface area contributed by atoms with Crippen LogP contribution >= 0.6 is 0 Å². The average molecular weight is 234 g/mol. The Hall–Kier alpha value is -1.77. The molecule has 0 aliphatic rings. The van der Waals surface area contributed by atoms with Gasteiger partial charge in [-0.3, -0.25) is 0 Å². The number of hydrogen-bond acceptors (Lipinski definition) is 3. The molecule has 1 rings (SSSR count). The van der Waals surface area contributed by atoms with E-state index in [2.05, 4.69) is 0 Å². The molecule has 1 aromatic carbocycles. The zero-order valence-electron chi connectivity index (χ0n) is 10.7. The zero-order valence-corrected chi connectivity index (χ0v) is 10.7. The van der Waals surface area contributed by atoms with Gasteiger partial charge in [0.2, 0.25) is 0 Å². The molecule has 17 heavy (non-hydrogen) atoms. The summed E-state index contributed by atoms with van der Waals surface area (Å²) in [6.07, 6.45) is 3.21. The standard InChI is InChI=1S/C14H18O3/c1-5-17-14(15)9-7-12-6-8-13(16-4)11(3)10(12)2/h6-9H,5H2,1-4H3. The van der Waals surface area contributed by atoms with Crippen LogP contribution in [0.2, 0.25) is 0 Å². The molecule has 0 spiro atoms. The minimum absolute atomic E-state index is 0.319. The summed E-state index contributed by atoms with van der Waals surface area (Å²) in [4.78, 5) is 11.2. The maximum Gasteiger partial charge on any atom is 0.330 e. The molecule has 3 heteroatoms. The van der Waals surface area contributed by atoms with Gasteiger partial charge in [-0.1, -0.05) is 6.07 Å². The lowest BCUT2D eigenvalue weighted by atomic mass is 10.0. The van der Waals surface area contributed by atoms with E-state index < -0.39 is 0 Å². The van der Waals surface area contributed by atoms with Crippen LogP contribution in [0.5, 0.6) is 5.75 Å². The summed E-state index contributed by atoms with van der Waals surface area (Å²) in [5, 5.41) is 0. The van der Waals surface area contributed by atoms with Crippen LogP contribution in [0.3, 0.4) is 0 Å². The van der Waals surface area contributed by atoms with E-state index in [0.29, 0.717) is 6.61 Å². The van der Waals surface area contributed by atoms with Crippen molar-refractivity contribution in [3.8, 4) is 5.75 Å². The first-order valence-corrected chi connectivity index (χ1v) is 5.59. The van der Waals surface area contributed by atoms with Gasteiger partial charge in [-0.15, -0.1) is 0 Å². The van der Waals surface area contributed by atoms with Crippen molar-refractivity contribution in [2.24, 2.45) is 0 Å². The second-order valence-corrected chi connectivity index (χ2v) is 3.69. The second-order valence-electron chi connectivity index (χ2n) is 3.69. The fourth-order valence-electron chi connectivity index (χ4n) is 1.57. The minimum Gasteiger partial charge on any atom is -0.496 e. The fraction of sp³-hybridized carbons (Fsp3) is 0.357. The topological polar surface area (TPSA) is 35.5 Å². The van der Waals surface area contributed by atoms with E-state index in [4.69, 9.17) is 9.47 Å². The van der Waals surface area contributed by atoms with Gasteiger partial charge in [-0.05, 0) is 49.6 Å². The molecule has 0 saturated heterocycles. The van der Waals surface area contributed by atoms with Gasteiger partial charge in [-0.25, -0.2) is 4.79 Å². The normalized spacial score (nSPS) is 10.6. The summed E-state index contributed by atoms with van der Waals surface area (Å²) >= 11 is 0. The van der Waals surface area contributed by atoms with Gasteiger partial charge in [0.15, 0.2) is 0 Å². The van der Waals surface area contributed by atoms with Crippen molar-refractivity contribution < 1.29 is 14.3 Å². The summed E-state index contributed by atoms with van der Waals surface area (Å²) in [5.41, 5.74) is 3.18. The predicted octanol–water partition coefficient (Wildman–Crippen LogP) is 2.89. The predicted molar refractivity (Wildman–Crippen MR) is 68.1 cm³/mol. The Kier molecular flexibility index (Phi) is 4.76. The molecule has 0 amide bonds. The minimum atomic E-state index is -0.319. The van der Waals surface area contributed by atoms with Crippen molar-refractivity contribution in [1.82, 2.24) is 0 Å². The number of esters is 1. The number of ether oxygens (including phenoxy) is 2. The quantitative estimate of drug-likeness (QED) is 0.593. The van der Waals surface area contributed by atoms with Gasteiger partial charge >= 0.3 is 5.97 Å². The molecule has 0 aliphatic heterocycles. The van der Waals surface area contributed by atoms with Crippen molar-refractivity contribution >= 4 is 12.0 Å². The highest BCUT2D eigenvalue weighted by Crippen LogP contribution is 2.24. The molecule has 0 unspecified atom stereocenters. The van der Waals surface area contributed by atoms with E-state index in [9.17, 15) is 4.79 Å². The van der Waals surface area contributed by atoms with E-state index >= 15 is 0 Å². The van der Waals surface area contributed by atoms with Crippen LogP contribution in [-0.4, -0.2) is 19.7 Å². The van der Waals surface area contributed by atoms with Gasteiger partial charge in [0.25, 0.3) is 0 Å². The first-order valence-electron chi connectivity index (χ1n) is 5.59. The Morgan fingerprint density at radius 3 is 2.59 bits per heavy atom. The Morgan fingerprint density at radius 1 is 1.29 bits per heavy atom. The molecule has 0 N–H and O–H groups in total. The third-order valence-electron chi connectivity index (χ3n) is 2.68. The maximum absolute atomic E-state index is 11.2. The summed E-state index contributed by atoms with van der Waals surface area (Å²) in [6, 6.07) is 3.82. The van der Waals surface area contributed by atoms with Crippen molar-refractivity contribution in [3.05, 3.63) is 34.9 Å². The lowest BCUT2D eigenvalue weighted by Gasteiger charge is -2.09. The van der Waals surface area contributed by atoms with Crippen LogP contribution in [0.25, 0.3) is 6.08 Å². The number of benzene rings is 1. The van der Waals surface area contributed by atoms with Crippen LogP contribution < -0.4 is 4.74 Å². The third-order valence-corrected chi connectivity index (χ3v) is 2.68. The maximum atomic E-state index is 11.2. The second kappa shape index (κ2) is 6.09. The van der Waals surface area contributed by atoms with Crippen LogP contribution in [0, 0.1) is 13.8 Å². The highest BCUT2D eigenvalue weighted by Gasteiger charge is 2.04. The molecular formula is C14H18O3. The van der Waals surface area contributed by atoms with Crippen molar-refractivity contribution in [3.63, 3.8) is 0 Å².